The number of benzene rings is 2. The highest BCUT2D eigenvalue weighted by Gasteiger charge is 2.34. The van der Waals surface area contributed by atoms with Crippen molar-refractivity contribution in [1.29, 1.82) is 5.41 Å². The van der Waals surface area contributed by atoms with Crippen LogP contribution in [-0.2, 0) is 10.8 Å². The molecule has 6 nitrogen and oxygen atoms in total. The summed E-state index contributed by atoms with van der Waals surface area (Å²) >= 11 is 0. The van der Waals surface area contributed by atoms with Crippen molar-refractivity contribution in [3.63, 3.8) is 0 Å². The first-order valence-corrected chi connectivity index (χ1v) is 13.8. The second-order valence-corrected chi connectivity index (χ2v) is 13.0. The number of likely N-dealkylation sites (tertiary alicyclic amines) is 1. The zero-order valence-corrected chi connectivity index (χ0v) is 25.1. The lowest BCUT2D eigenvalue weighted by Gasteiger charge is -2.28. The molecule has 0 aromatic heterocycles. The number of phenols is 1. The van der Waals surface area contributed by atoms with E-state index >= 15 is 0 Å². The van der Waals surface area contributed by atoms with Gasteiger partial charge in [-0.3, -0.25) is 15.0 Å². The van der Waals surface area contributed by atoms with E-state index in [1.54, 1.807) is 19.0 Å². The number of Topliss-reactive ketones (excluding diaryl/α,β-unsaturated/α-hetero) is 1. The summed E-state index contributed by atoms with van der Waals surface area (Å²) in [5, 5.41) is 20.0. The molecule has 1 aliphatic rings. The topological polar surface area (TPSA) is 84.7 Å². The number of nitrogens with one attached hydrogen (secondary N) is 1. The molecule has 1 fully saturated rings. The molecule has 0 radical (unpaired) electrons. The average Bonchev–Trinajstić information content (AvgIpc) is 3.11. The average molecular weight is 532 g/mol. The second-order valence-electron chi connectivity index (χ2n) is 13.0. The predicted molar refractivity (Wildman–Crippen MR) is 160 cm³/mol. The molecule has 0 spiro atoms. The standard InChI is InChI=1S/C33H45N3O3/c1-10-11-23-19-36(30(34)25(23)16-21-12-14-22(15-13-21)31(39)35(8)9)20-28(37)24-17-26(32(2,3)4)29(38)27(18-24)33(5,6)7/h12-18,23,34,38H,10-11,19-20H2,1-9H3. The SMILES string of the molecule is CCCC1CN(CC(=O)c2cc(C(C)(C)C)c(O)c(C(C)(C)C)c2)C(=N)C1=Cc1ccc(C(=O)N(C)C)cc1. The lowest BCUT2D eigenvalue weighted by molar-refractivity contribution is 0.0827. The number of nitrogens with zero attached hydrogens (tertiary/aromatic N) is 2. The minimum absolute atomic E-state index is 0.0465. The summed E-state index contributed by atoms with van der Waals surface area (Å²) in [4.78, 5) is 29.3. The van der Waals surface area contributed by atoms with Crippen LogP contribution < -0.4 is 0 Å². The summed E-state index contributed by atoms with van der Waals surface area (Å²) < 4.78 is 0. The smallest absolute Gasteiger partial charge is 0.253 e. The van der Waals surface area contributed by atoms with Crippen molar-refractivity contribution in [2.24, 2.45) is 5.92 Å². The lowest BCUT2D eigenvalue weighted by Crippen LogP contribution is -2.31. The maximum Gasteiger partial charge on any atom is 0.253 e. The van der Waals surface area contributed by atoms with Gasteiger partial charge in [0.25, 0.3) is 5.91 Å². The number of rotatable bonds is 7. The molecule has 1 heterocycles. The number of carbonyl (C=O) groups is 2. The van der Waals surface area contributed by atoms with E-state index in [1.165, 1.54) is 0 Å². The zero-order chi connectivity index (χ0) is 29.3. The molecule has 0 bridgehead atoms. The van der Waals surface area contributed by atoms with Crippen molar-refractivity contribution in [1.82, 2.24) is 9.80 Å². The van der Waals surface area contributed by atoms with Gasteiger partial charge in [0.2, 0.25) is 0 Å². The largest absolute Gasteiger partial charge is 0.507 e. The van der Waals surface area contributed by atoms with Crippen molar-refractivity contribution in [2.75, 3.05) is 27.2 Å². The third-order valence-electron chi connectivity index (χ3n) is 7.38. The number of amides is 1. The number of carbonyl (C=O) groups excluding carboxylic acids is 2. The number of phenolic OH excluding ortho intramolecular Hbond substituents is 1. The highest BCUT2D eigenvalue weighted by atomic mass is 16.3. The summed E-state index contributed by atoms with van der Waals surface area (Å²) in [6, 6.07) is 11.1. The monoisotopic (exact) mass is 531 g/mol. The Kier molecular flexibility index (Phi) is 8.79. The van der Waals surface area contributed by atoms with E-state index < -0.39 is 0 Å². The number of aromatic hydroxyl groups is 1. The third-order valence-corrected chi connectivity index (χ3v) is 7.38. The van der Waals surface area contributed by atoms with Gasteiger partial charge in [-0.25, -0.2) is 0 Å². The molecular weight excluding hydrogens is 486 g/mol. The first-order chi connectivity index (χ1) is 18.0. The first-order valence-electron chi connectivity index (χ1n) is 13.8. The third kappa shape index (κ3) is 6.78. The van der Waals surface area contributed by atoms with Crippen LogP contribution >= 0.6 is 0 Å². The van der Waals surface area contributed by atoms with Crippen LogP contribution in [0.3, 0.4) is 0 Å². The highest BCUT2D eigenvalue weighted by Crippen LogP contribution is 2.40. The molecule has 0 aliphatic carbocycles. The van der Waals surface area contributed by atoms with Crippen LogP contribution in [0.1, 0.15) is 98.7 Å². The Labute approximate surface area is 234 Å². The molecule has 2 N–H and O–H groups in total. The van der Waals surface area contributed by atoms with Crippen LogP contribution in [0.15, 0.2) is 42.0 Å². The van der Waals surface area contributed by atoms with Crippen LogP contribution in [0.4, 0.5) is 0 Å². The molecule has 0 saturated carbocycles. The van der Waals surface area contributed by atoms with E-state index in [0.29, 0.717) is 23.5 Å². The fourth-order valence-electron chi connectivity index (χ4n) is 5.12. The van der Waals surface area contributed by atoms with Gasteiger partial charge in [0.05, 0.1) is 6.54 Å². The van der Waals surface area contributed by atoms with Gasteiger partial charge in [-0.2, -0.15) is 0 Å². The predicted octanol–water partition coefficient (Wildman–Crippen LogP) is 6.66. The number of hydrogen-bond acceptors (Lipinski definition) is 4. The summed E-state index contributed by atoms with van der Waals surface area (Å²) in [6.45, 7) is 15.1. The molecule has 3 rings (SSSR count). The van der Waals surface area contributed by atoms with E-state index in [1.807, 2.05) is 88.9 Å². The Balaban J connectivity index is 1.91. The van der Waals surface area contributed by atoms with Crippen LogP contribution in [0, 0.1) is 11.3 Å². The van der Waals surface area contributed by atoms with Gasteiger partial charge in [-0.05, 0) is 58.7 Å². The second kappa shape index (κ2) is 11.4. The normalized spacial score (nSPS) is 17.2. The summed E-state index contributed by atoms with van der Waals surface area (Å²) in [7, 11) is 3.46. The van der Waals surface area contributed by atoms with Crippen LogP contribution in [-0.4, -0.2) is 59.6 Å². The molecule has 39 heavy (non-hydrogen) atoms. The maximum absolute atomic E-state index is 13.6. The maximum atomic E-state index is 13.6. The summed E-state index contributed by atoms with van der Waals surface area (Å²) in [6.07, 6.45) is 3.93. The van der Waals surface area contributed by atoms with Crippen molar-refractivity contribution in [3.8, 4) is 5.75 Å². The van der Waals surface area contributed by atoms with Crippen LogP contribution in [0.25, 0.3) is 6.08 Å². The van der Waals surface area contributed by atoms with Crippen molar-refractivity contribution in [2.45, 2.75) is 72.1 Å². The number of hydrogen-bond donors (Lipinski definition) is 2. The Hall–Kier alpha value is -3.41. The minimum Gasteiger partial charge on any atom is -0.507 e. The van der Waals surface area contributed by atoms with Gasteiger partial charge in [-0.15, -0.1) is 0 Å². The Bertz CT molecular complexity index is 1240. The summed E-state index contributed by atoms with van der Waals surface area (Å²) in [5.74, 6) is 0.690. The molecule has 1 saturated heterocycles. The van der Waals surface area contributed by atoms with E-state index in [-0.39, 0.29) is 40.7 Å². The molecule has 2 aromatic rings. The molecular formula is C33H45N3O3. The van der Waals surface area contributed by atoms with Crippen LogP contribution in [0.2, 0.25) is 0 Å². The fourth-order valence-corrected chi connectivity index (χ4v) is 5.12. The van der Waals surface area contributed by atoms with Gasteiger partial charge >= 0.3 is 0 Å². The number of ketones is 1. The van der Waals surface area contributed by atoms with E-state index in [9.17, 15) is 14.7 Å². The molecule has 1 unspecified atom stereocenters. The van der Waals surface area contributed by atoms with E-state index in [0.717, 1.165) is 35.1 Å². The van der Waals surface area contributed by atoms with Gasteiger partial charge in [0.1, 0.15) is 11.6 Å². The summed E-state index contributed by atoms with van der Waals surface area (Å²) in [5.41, 5.74) is 3.92. The van der Waals surface area contributed by atoms with Crippen molar-refractivity contribution in [3.05, 3.63) is 69.8 Å². The van der Waals surface area contributed by atoms with Crippen molar-refractivity contribution < 1.29 is 14.7 Å². The molecule has 1 amide bonds. The zero-order valence-electron chi connectivity index (χ0n) is 25.1. The van der Waals surface area contributed by atoms with Gasteiger partial charge < -0.3 is 14.9 Å². The molecule has 2 aromatic carbocycles. The van der Waals surface area contributed by atoms with Crippen molar-refractivity contribution >= 4 is 23.6 Å². The molecule has 210 valence electrons. The lowest BCUT2D eigenvalue weighted by atomic mass is 9.78. The minimum atomic E-state index is -0.324. The first kappa shape index (κ1) is 30.1. The Morgan fingerprint density at radius 2 is 1.54 bits per heavy atom. The van der Waals surface area contributed by atoms with Gasteiger partial charge in [0.15, 0.2) is 5.78 Å². The Morgan fingerprint density at radius 1 is 1.00 bits per heavy atom. The fraction of sp³-hybridized carbons (Fsp3) is 0.485. The number of amidine groups is 1. The highest BCUT2D eigenvalue weighted by molar-refractivity contribution is 6.06. The van der Waals surface area contributed by atoms with E-state index in [4.69, 9.17) is 5.41 Å². The quantitative estimate of drug-likeness (QED) is 0.391. The Morgan fingerprint density at radius 3 is 2.00 bits per heavy atom. The molecule has 6 heteroatoms. The van der Waals surface area contributed by atoms with Crippen LogP contribution in [0.5, 0.6) is 5.75 Å². The van der Waals surface area contributed by atoms with E-state index in [2.05, 4.69) is 6.92 Å². The molecule has 1 aliphatic heterocycles. The van der Waals surface area contributed by atoms with Gasteiger partial charge in [0, 0.05) is 48.8 Å². The van der Waals surface area contributed by atoms with Gasteiger partial charge in [-0.1, -0.05) is 67.0 Å². The molecule has 1 atom stereocenters.